The van der Waals surface area contributed by atoms with Crippen molar-refractivity contribution >= 4 is 11.3 Å². The van der Waals surface area contributed by atoms with Crippen LogP contribution in [0.25, 0.3) is 0 Å². The molecule has 0 bridgehead atoms. The lowest BCUT2D eigenvalue weighted by atomic mass is 10.1. The summed E-state index contributed by atoms with van der Waals surface area (Å²) in [5.41, 5.74) is 0. The summed E-state index contributed by atoms with van der Waals surface area (Å²) in [4.78, 5) is 0. The maximum atomic E-state index is 5.68. The van der Waals surface area contributed by atoms with Crippen LogP contribution in [0.5, 0.6) is 5.19 Å². The minimum atomic E-state index is 0.622. The normalized spacial score (nSPS) is 11.4. The monoisotopic (exact) mass is 271 g/mol. The van der Waals surface area contributed by atoms with Crippen LogP contribution in [0, 0.1) is 11.8 Å². The lowest BCUT2D eigenvalue weighted by Crippen LogP contribution is -2.18. The van der Waals surface area contributed by atoms with Crippen molar-refractivity contribution in [2.75, 3.05) is 13.2 Å². The minimum Gasteiger partial charge on any atom is -0.469 e. The molecular weight excluding hydrogens is 246 g/mol. The molecule has 0 atom stereocenters. The van der Waals surface area contributed by atoms with Crippen molar-refractivity contribution in [3.63, 3.8) is 0 Å². The van der Waals surface area contributed by atoms with Crippen LogP contribution in [0.3, 0.4) is 0 Å². The summed E-state index contributed by atoms with van der Waals surface area (Å²) >= 11 is 1.54. The van der Waals surface area contributed by atoms with Crippen molar-refractivity contribution in [2.24, 2.45) is 11.8 Å². The molecular formula is C13H25N3OS. The van der Waals surface area contributed by atoms with Crippen molar-refractivity contribution in [3.8, 4) is 5.19 Å². The highest BCUT2D eigenvalue weighted by Gasteiger charge is 2.08. The van der Waals surface area contributed by atoms with Gasteiger partial charge in [-0.2, -0.15) is 0 Å². The standard InChI is InChI=1S/C13H25N3OS/c1-5-11(6-2)9-17-13-16-15-12(18-13)8-14-7-10(3)4/h10-11,14H,5-9H2,1-4H3. The molecule has 0 saturated carbocycles. The molecule has 0 aliphatic carbocycles. The number of nitrogens with one attached hydrogen (secondary N) is 1. The van der Waals surface area contributed by atoms with Gasteiger partial charge < -0.3 is 10.1 Å². The van der Waals surface area contributed by atoms with Crippen LogP contribution in [0.1, 0.15) is 45.5 Å². The van der Waals surface area contributed by atoms with Gasteiger partial charge in [-0.05, 0) is 18.4 Å². The van der Waals surface area contributed by atoms with Crippen LogP contribution < -0.4 is 10.1 Å². The molecule has 0 amide bonds. The molecule has 0 aromatic carbocycles. The van der Waals surface area contributed by atoms with Crippen molar-refractivity contribution in [1.29, 1.82) is 0 Å². The fourth-order valence-electron chi connectivity index (χ4n) is 1.55. The quantitative estimate of drug-likeness (QED) is 0.749. The average Bonchev–Trinajstić information content (AvgIpc) is 2.78. The van der Waals surface area contributed by atoms with E-state index in [1.54, 1.807) is 11.3 Å². The molecule has 0 saturated heterocycles. The minimum absolute atomic E-state index is 0.622. The van der Waals surface area contributed by atoms with Crippen LogP contribution in [-0.4, -0.2) is 23.3 Å². The Morgan fingerprint density at radius 1 is 1.22 bits per heavy atom. The molecule has 0 aliphatic heterocycles. The zero-order chi connectivity index (χ0) is 13.4. The summed E-state index contributed by atoms with van der Waals surface area (Å²) in [5, 5.41) is 13.2. The Labute approximate surface area is 114 Å². The van der Waals surface area contributed by atoms with Gasteiger partial charge in [0.15, 0.2) is 0 Å². The van der Waals surface area contributed by atoms with E-state index in [2.05, 4.69) is 43.2 Å². The van der Waals surface area contributed by atoms with Crippen molar-refractivity contribution in [2.45, 2.75) is 47.1 Å². The second kappa shape index (κ2) is 8.43. The van der Waals surface area contributed by atoms with Crippen molar-refractivity contribution < 1.29 is 4.74 Å². The highest BCUT2D eigenvalue weighted by atomic mass is 32.1. The van der Waals surface area contributed by atoms with Gasteiger partial charge in [-0.1, -0.05) is 51.9 Å². The summed E-state index contributed by atoms with van der Waals surface area (Å²) in [6.45, 7) is 11.3. The molecule has 0 aliphatic rings. The molecule has 0 fully saturated rings. The molecule has 4 nitrogen and oxygen atoms in total. The van der Waals surface area contributed by atoms with E-state index < -0.39 is 0 Å². The predicted octanol–water partition coefficient (Wildman–Crippen LogP) is 3.10. The summed E-state index contributed by atoms with van der Waals surface area (Å²) in [6, 6.07) is 0. The number of nitrogens with zero attached hydrogens (tertiary/aromatic N) is 2. The van der Waals surface area contributed by atoms with Gasteiger partial charge in [0, 0.05) is 6.54 Å². The van der Waals surface area contributed by atoms with Crippen LogP contribution in [0.4, 0.5) is 0 Å². The zero-order valence-corrected chi connectivity index (χ0v) is 12.7. The molecule has 1 aromatic heterocycles. The molecule has 0 unspecified atom stereocenters. The average molecular weight is 271 g/mol. The first kappa shape index (κ1) is 15.4. The molecule has 0 spiro atoms. The molecule has 1 aromatic rings. The van der Waals surface area contributed by atoms with Gasteiger partial charge in [-0.15, -0.1) is 10.2 Å². The Balaban J connectivity index is 2.29. The third-order valence-corrected chi connectivity index (χ3v) is 3.71. The van der Waals surface area contributed by atoms with Crippen LogP contribution in [0.2, 0.25) is 0 Å². The van der Waals surface area contributed by atoms with E-state index in [0.717, 1.165) is 37.5 Å². The third-order valence-electron chi connectivity index (χ3n) is 2.87. The molecule has 18 heavy (non-hydrogen) atoms. The Morgan fingerprint density at radius 2 is 1.94 bits per heavy atom. The number of rotatable bonds is 9. The zero-order valence-electron chi connectivity index (χ0n) is 11.9. The van der Waals surface area contributed by atoms with Crippen molar-refractivity contribution in [1.82, 2.24) is 15.5 Å². The van der Waals surface area contributed by atoms with Crippen LogP contribution in [-0.2, 0) is 6.54 Å². The van der Waals surface area contributed by atoms with E-state index in [9.17, 15) is 0 Å². The van der Waals surface area contributed by atoms with E-state index >= 15 is 0 Å². The van der Waals surface area contributed by atoms with Crippen LogP contribution >= 0.6 is 11.3 Å². The van der Waals surface area contributed by atoms with Gasteiger partial charge in [-0.3, -0.25) is 0 Å². The van der Waals surface area contributed by atoms with Crippen molar-refractivity contribution in [3.05, 3.63) is 5.01 Å². The second-order valence-electron chi connectivity index (χ2n) is 4.98. The number of aromatic nitrogens is 2. The second-order valence-corrected chi connectivity index (χ2v) is 6.00. The summed E-state index contributed by atoms with van der Waals surface area (Å²) in [6.07, 6.45) is 2.30. The first-order valence-corrected chi connectivity index (χ1v) is 7.63. The van der Waals surface area contributed by atoms with E-state index in [1.165, 1.54) is 0 Å². The van der Waals surface area contributed by atoms with E-state index in [-0.39, 0.29) is 0 Å². The molecule has 1 rings (SSSR count). The topological polar surface area (TPSA) is 47.0 Å². The van der Waals surface area contributed by atoms with E-state index in [1.807, 2.05) is 0 Å². The van der Waals surface area contributed by atoms with E-state index in [0.29, 0.717) is 17.0 Å². The fraction of sp³-hybridized carbons (Fsp3) is 0.846. The SMILES string of the molecule is CCC(CC)COc1nnc(CNCC(C)C)s1. The lowest BCUT2D eigenvalue weighted by Gasteiger charge is -2.10. The Bertz CT molecular complexity index is 324. The van der Waals surface area contributed by atoms with Gasteiger partial charge in [0.1, 0.15) is 5.01 Å². The Hall–Kier alpha value is -0.680. The largest absolute Gasteiger partial charge is 0.469 e. The van der Waals surface area contributed by atoms with Crippen LogP contribution in [0.15, 0.2) is 0 Å². The molecule has 1 N–H and O–H groups in total. The third kappa shape index (κ3) is 5.78. The number of ether oxygens (including phenoxy) is 1. The maximum Gasteiger partial charge on any atom is 0.294 e. The predicted molar refractivity (Wildman–Crippen MR) is 76.0 cm³/mol. The number of hydrogen-bond donors (Lipinski definition) is 1. The molecule has 1 heterocycles. The first-order chi connectivity index (χ1) is 8.65. The summed E-state index contributed by atoms with van der Waals surface area (Å²) in [5.74, 6) is 1.28. The molecule has 0 radical (unpaired) electrons. The lowest BCUT2D eigenvalue weighted by molar-refractivity contribution is 0.238. The highest BCUT2D eigenvalue weighted by Crippen LogP contribution is 2.19. The highest BCUT2D eigenvalue weighted by molar-refractivity contribution is 7.13. The van der Waals surface area contributed by atoms with Gasteiger partial charge >= 0.3 is 0 Å². The van der Waals surface area contributed by atoms with Gasteiger partial charge in [0.25, 0.3) is 5.19 Å². The Kier molecular flexibility index (Phi) is 7.20. The molecule has 104 valence electrons. The van der Waals surface area contributed by atoms with Gasteiger partial charge in [-0.25, -0.2) is 0 Å². The fourth-order valence-corrected chi connectivity index (χ4v) is 2.22. The Morgan fingerprint density at radius 3 is 2.56 bits per heavy atom. The molecule has 5 heteroatoms. The van der Waals surface area contributed by atoms with Gasteiger partial charge in [0.05, 0.1) is 6.61 Å². The first-order valence-electron chi connectivity index (χ1n) is 6.81. The summed E-state index contributed by atoms with van der Waals surface area (Å²) < 4.78 is 5.68. The number of hydrogen-bond acceptors (Lipinski definition) is 5. The van der Waals surface area contributed by atoms with E-state index in [4.69, 9.17) is 4.74 Å². The smallest absolute Gasteiger partial charge is 0.294 e. The maximum absolute atomic E-state index is 5.68. The summed E-state index contributed by atoms with van der Waals surface area (Å²) in [7, 11) is 0. The van der Waals surface area contributed by atoms with Gasteiger partial charge in [0.2, 0.25) is 0 Å².